The summed E-state index contributed by atoms with van der Waals surface area (Å²) in [6.45, 7) is 1.25. The molecule has 2 fully saturated rings. The van der Waals surface area contributed by atoms with E-state index < -0.39 is 15.8 Å². The Labute approximate surface area is 199 Å². The number of anilines is 1. The van der Waals surface area contributed by atoms with Crippen molar-refractivity contribution in [2.45, 2.75) is 42.8 Å². The highest BCUT2D eigenvalue weighted by Crippen LogP contribution is 2.47. The minimum atomic E-state index is -3.77. The Balaban J connectivity index is 1.30. The maximum absolute atomic E-state index is 13.2. The Morgan fingerprint density at radius 3 is 2.53 bits per heavy atom. The average Bonchev–Trinajstić information content (AvgIpc) is 3.44. The van der Waals surface area contributed by atoms with Gasteiger partial charge in [-0.05, 0) is 42.7 Å². The number of carbonyl (C=O) groups excluding carboxylic acids is 1. The molecule has 1 aliphatic carbocycles. The first-order valence-electron chi connectivity index (χ1n) is 11.5. The lowest BCUT2D eigenvalue weighted by Gasteiger charge is -2.26. The molecule has 2 aromatic rings. The predicted octanol–water partition coefficient (Wildman–Crippen LogP) is 2.94. The van der Waals surface area contributed by atoms with Crippen LogP contribution in [0.1, 0.15) is 31.2 Å². The first-order valence-corrected chi connectivity index (χ1v) is 12.9. The summed E-state index contributed by atoms with van der Waals surface area (Å²) in [4.78, 5) is 12.8. The quantitative estimate of drug-likeness (QED) is 0.667. The van der Waals surface area contributed by atoms with E-state index in [0.717, 1.165) is 25.7 Å². The van der Waals surface area contributed by atoms with Crippen molar-refractivity contribution in [3.05, 3.63) is 42.0 Å². The van der Waals surface area contributed by atoms with E-state index in [1.54, 1.807) is 30.3 Å². The van der Waals surface area contributed by atoms with Gasteiger partial charge in [0, 0.05) is 37.7 Å². The van der Waals surface area contributed by atoms with Gasteiger partial charge in [0.25, 0.3) is 5.79 Å². The second kappa shape index (κ2) is 9.09. The van der Waals surface area contributed by atoms with Crippen LogP contribution >= 0.6 is 0 Å². The zero-order chi connectivity index (χ0) is 23.8. The number of rotatable bonds is 6. The minimum Gasteiger partial charge on any atom is -0.495 e. The van der Waals surface area contributed by atoms with E-state index in [1.165, 1.54) is 17.5 Å². The van der Waals surface area contributed by atoms with Crippen molar-refractivity contribution in [3.63, 3.8) is 0 Å². The van der Waals surface area contributed by atoms with Gasteiger partial charge >= 0.3 is 0 Å². The van der Waals surface area contributed by atoms with Crippen LogP contribution in [-0.2, 0) is 26.0 Å². The van der Waals surface area contributed by atoms with Gasteiger partial charge in [-0.15, -0.1) is 0 Å². The summed E-state index contributed by atoms with van der Waals surface area (Å²) < 4.78 is 50.4. The summed E-state index contributed by atoms with van der Waals surface area (Å²) in [5, 5.41) is 2.87. The van der Waals surface area contributed by atoms with Gasteiger partial charge in [-0.1, -0.05) is 6.07 Å². The third-order valence-electron chi connectivity index (χ3n) is 6.37. The van der Waals surface area contributed by atoms with Gasteiger partial charge in [0.2, 0.25) is 15.9 Å². The van der Waals surface area contributed by atoms with Crippen LogP contribution in [0.3, 0.4) is 0 Å². The summed E-state index contributed by atoms with van der Waals surface area (Å²) >= 11 is 0. The molecule has 1 saturated heterocycles. The van der Waals surface area contributed by atoms with Crippen molar-refractivity contribution in [3.8, 4) is 17.2 Å². The lowest BCUT2D eigenvalue weighted by molar-refractivity contribution is -0.115. The van der Waals surface area contributed by atoms with Crippen LogP contribution in [0, 0.1) is 0 Å². The summed E-state index contributed by atoms with van der Waals surface area (Å²) in [5.74, 6) is 0.730. The fourth-order valence-electron chi connectivity index (χ4n) is 4.64. The Morgan fingerprint density at radius 2 is 1.79 bits per heavy atom. The zero-order valence-corrected chi connectivity index (χ0v) is 19.9. The van der Waals surface area contributed by atoms with Crippen LogP contribution in [0.2, 0.25) is 0 Å². The summed E-state index contributed by atoms with van der Waals surface area (Å²) in [5.41, 5.74) is 1.16. The molecule has 1 N–H and O–H groups in total. The van der Waals surface area contributed by atoms with Gasteiger partial charge in [0.15, 0.2) is 11.5 Å². The normalized spacial score (nSPS) is 19.3. The zero-order valence-electron chi connectivity index (χ0n) is 19.0. The number of hydrogen-bond donors (Lipinski definition) is 1. The summed E-state index contributed by atoms with van der Waals surface area (Å²) in [6, 6.07) is 10.1. The number of sulfonamides is 1. The fraction of sp³-hybridized carbons (Fsp3) is 0.458. The number of morpholine rings is 1. The molecule has 9 nitrogen and oxygen atoms in total. The summed E-state index contributed by atoms with van der Waals surface area (Å²) in [7, 11) is -2.35. The Morgan fingerprint density at radius 1 is 1.06 bits per heavy atom. The van der Waals surface area contributed by atoms with Gasteiger partial charge in [-0.25, -0.2) is 8.42 Å². The van der Waals surface area contributed by atoms with E-state index in [2.05, 4.69) is 5.32 Å². The van der Waals surface area contributed by atoms with E-state index in [-0.39, 0.29) is 36.1 Å². The van der Waals surface area contributed by atoms with E-state index in [0.29, 0.717) is 36.0 Å². The van der Waals surface area contributed by atoms with E-state index in [9.17, 15) is 13.2 Å². The lowest BCUT2D eigenvalue weighted by Crippen LogP contribution is -2.40. The molecule has 0 atom stereocenters. The number of nitrogens with one attached hydrogen (secondary N) is 1. The maximum Gasteiger partial charge on any atom is 0.251 e. The van der Waals surface area contributed by atoms with Gasteiger partial charge in [-0.3, -0.25) is 4.79 Å². The van der Waals surface area contributed by atoms with Crippen LogP contribution < -0.4 is 19.5 Å². The third-order valence-corrected chi connectivity index (χ3v) is 8.29. The molecule has 1 amide bonds. The van der Waals surface area contributed by atoms with Crippen molar-refractivity contribution < 1.29 is 32.2 Å². The van der Waals surface area contributed by atoms with Crippen molar-refractivity contribution in [1.29, 1.82) is 0 Å². The van der Waals surface area contributed by atoms with Gasteiger partial charge in [0.05, 0.1) is 26.7 Å². The van der Waals surface area contributed by atoms with Gasteiger partial charge < -0.3 is 24.3 Å². The highest BCUT2D eigenvalue weighted by molar-refractivity contribution is 7.89. The number of benzene rings is 2. The molecule has 2 aliphatic heterocycles. The third kappa shape index (κ3) is 4.45. The molecule has 5 rings (SSSR count). The second-order valence-electron chi connectivity index (χ2n) is 8.71. The highest BCUT2D eigenvalue weighted by atomic mass is 32.2. The molecule has 182 valence electrons. The Bertz CT molecular complexity index is 1190. The van der Waals surface area contributed by atoms with Gasteiger partial charge in [-0.2, -0.15) is 4.31 Å². The van der Waals surface area contributed by atoms with Crippen molar-refractivity contribution in [1.82, 2.24) is 4.31 Å². The number of nitrogens with zero attached hydrogens (tertiary/aromatic N) is 1. The monoisotopic (exact) mass is 488 g/mol. The topological polar surface area (TPSA) is 103 Å². The summed E-state index contributed by atoms with van der Waals surface area (Å²) in [6.07, 6.45) is 3.87. The van der Waals surface area contributed by atoms with Crippen molar-refractivity contribution >= 4 is 21.6 Å². The standard InChI is InChI=1S/C24H28N2O7S/c1-30-20-6-4-17(14-22(20)34(28,29)26-10-12-31-13-11-26)15-23(27)25-18-5-7-19-21(16-18)33-24(32-19)8-2-3-9-24/h4-7,14,16H,2-3,8-13,15H2,1H3,(H,25,27). The van der Waals surface area contributed by atoms with Crippen LogP contribution in [-0.4, -0.2) is 57.8 Å². The molecular weight excluding hydrogens is 460 g/mol. The number of carbonyl (C=O) groups is 1. The van der Waals surface area contributed by atoms with Gasteiger partial charge in [0.1, 0.15) is 10.6 Å². The van der Waals surface area contributed by atoms with E-state index in [4.69, 9.17) is 18.9 Å². The number of amides is 1. The molecule has 10 heteroatoms. The smallest absolute Gasteiger partial charge is 0.251 e. The number of methoxy groups -OCH3 is 1. The predicted molar refractivity (Wildman–Crippen MR) is 124 cm³/mol. The molecular formula is C24H28N2O7S. The molecule has 3 aliphatic rings. The molecule has 2 aromatic carbocycles. The molecule has 1 saturated carbocycles. The maximum atomic E-state index is 13.2. The first-order chi connectivity index (χ1) is 16.4. The van der Waals surface area contributed by atoms with Crippen LogP contribution in [0.25, 0.3) is 0 Å². The Kier molecular flexibility index (Phi) is 6.13. The average molecular weight is 489 g/mol. The largest absolute Gasteiger partial charge is 0.495 e. The number of ether oxygens (including phenoxy) is 4. The van der Waals surface area contributed by atoms with Crippen LogP contribution in [0.5, 0.6) is 17.2 Å². The van der Waals surface area contributed by atoms with E-state index in [1.807, 2.05) is 0 Å². The molecule has 0 unspecified atom stereocenters. The molecule has 0 aromatic heterocycles. The Hall–Kier alpha value is -2.82. The fourth-order valence-corrected chi connectivity index (χ4v) is 6.25. The number of fused-ring (bicyclic) bond motifs is 1. The molecule has 0 bridgehead atoms. The molecule has 1 spiro atoms. The SMILES string of the molecule is COc1ccc(CC(=O)Nc2ccc3c(c2)OC2(CCCC2)O3)cc1S(=O)(=O)N1CCOCC1. The van der Waals surface area contributed by atoms with Crippen molar-refractivity contribution in [2.24, 2.45) is 0 Å². The highest BCUT2D eigenvalue weighted by Gasteiger charge is 2.44. The first kappa shape index (κ1) is 22.9. The molecule has 0 radical (unpaired) electrons. The minimum absolute atomic E-state index is 0.00794. The lowest BCUT2D eigenvalue weighted by atomic mass is 10.1. The number of hydrogen-bond acceptors (Lipinski definition) is 7. The second-order valence-corrected chi connectivity index (χ2v) is 10.6. The van der Waals surface area contributed by atoms with Crippen LogP contribution in [0.4, 0.5) is 5.69 Å². The van der Waals surface area contributed by atoms with Crippen molar-refractivity contribution in [2.75, 3.05) is 38.7 Å². The van der Waals surface area contributed by atoms with E-state index >= 15 is 0 Å². The van der Waals surface area contributed by atoms with Crippen LogP contribution in [0.15, 0.2) is 41.3 Å². The molecule has 2 heterocycles. The molecule has 34 heavy (non-hydrogen) atoms.